The van der Waals surface area contributed by atoms with Gasteiger partial charge in [0.05, 0.1) is 16.5 Å². The number of amides is 1. The summed E-state index contributed by atoms with van der Waals surface area (Å²) in [5.41, 5.74) is 1.56. The minimum Gasteiger partial charge on any atom is -0.507 e. The van der Waals surface area contributed by atoms with E-state index in [0.717, 1.165) is 5.56 Å². The Hall–Kier alpha value is -4.33. The summed E-state index contributed by atoms with van der Waals surface area (Å²) < 4.78 is 0. The SMILES string of the molecule is Cc1ccc(C(O)=C2C(=O)C(=O)N(c3ccccn3)[C@@H]2c2ccc([N+](=O)[O-])cc2)cc1. The number of aliphatic hydroxyl groups is 1. The third-order valence-electron chi connectivity index (χ3n) is 5.09. The normalized spacial score (nSPS) is 17.7. The molecule has 3 aromatic rings. The molecule has 0 unspecified atom stereocenters. The molecule has 1 fully saturated rings. The second kappa shape index (κ2) is 7.83. The number of rotatable bonds is 4. The van der Waals surface area contributed by atoms with Gasteiger partial charge in [-0.05, 0) is 36.8 Å². The largest absolute Gasteiger partial charge is 0.507 e. The number of carbonyl (C=O) groups is 2. The molecule has 2 heterocycles. The highest BCUT2D eigenvalue weighted by molar-refractivity contribution is 6.51. The van der Waals surface area contributed by atoms with E-state index in [9.17, 15) is 24.8 Å². The Kier molecular flexibility index (Phi) is 5.04. The molecule has 1 N–H and O–H groups in total. The number of anilines is 1. The van der Waals surface area contributed by atoms with Gasteiger partial charge in [0, 0.05) is 23.9 Å². The zero-order valence-electron chi connectivity index (χ0n) is 16.4. The number of hydrogen-bond acceptors (Lipinski definition) is 6. The standard InChI is InChI=1S/C23H17N3O5/c1-14-5-7-16(8-6-14)21(27)19-20(15-9-11-17(12-10-15)26(30)31)25(23(29)22(19)28)18-4-2-3-13-24-18/h2-13,20,27H,1H3/t20-/m1/s1. The van der Waals surface area contributed by atoms with Crippen molar-refractivity contribution in [1.29, 1.82) is 0 Å². The maximum absolute atomic E-state index is 13.0. The van der Waals surface area contributed by atoms with Gasteiger partial charge in [0.1, 0.15) is 11.6 Å². The van der Waals surface area contributed by atoms with Gasteiger partial charge in [-0.15, -0.1) is 0 Å². The number of aryl methyl sites for hydroxylation is 1. The van der Waals surface area contributed by atoms with Gasteiger partial charge in [-0.3, -0.25) is 24.6 Å². The maximum Gasteiger partial charge on any atom is 0.301 e. The highest BCUT2D eigenvalue weighted by Gasteiger charge is 2.47. The lowest BCUT2D eigenvalue weighted by Gasteiger charge is -2.24. The number of carbonyl (C=O) groups excluding carboxylic acids is 2. The van der Waals surface area contributed by atoms with Crippen LogP contribution >= 0.6 is 0 Å². The van der Waals surface area contributed by atoms with E-state index in [2.05, 4.69) is 4.98 Å². The molecule has 1 aliphatic heterocycles. The van der Waals surface area contributed by atoms with E-state index < -0.39 is 22.7 Å². The molecule has 1 atom stereocenters. The molecule has 0 radical (unpaired) electrons. The molecule has 0 spiro atoms. The molecule has 31 heavy (non-hydrogen) atoms. The van der Waals surface area contributed by atoms with E-state index in [4.69, 9.17) is 0 Å². The van der Waals surface area contributed by atoms with Crippen molar-refractivity contribution in [2.24, 2.45) is 0 Å². The molecule has 8 heteroatoms. The van der Waals surface area contributed by atoms with Gasteiger partial charge in [-0.2, -0.15) is 0 Å². The summed E-state index contributed by atoms with van der Waals surface area (Å²) in [5, 5.41) is 22.0. The van der Waals surface area contributed by atoms with E-state index >= 15 is 0 Å². The molecule has 8 nitrogen and oxygen atoms in total. The number of nitro benzene ring substituents is 1. The van der Waals surface area contributed by atoms with Crippen molar-refractivity contribution >= 4 is 29.0 Å². The first-order valence-electron chi connectivity index (χ1n) is 9.42. The van der Waals surface area contributed by atoms with Crippen LogP contribution in [0.5, 0.6) is 0 Å². The molecule has 4 rings (SSSR count). The second-order valence-electron chi connectivity index (χ2n) is 7.07. The number of aromatic nitrogens is 1. The Bertz CT molecular complexity index is 1200. The zero-order chi connectivity index (χ0) is 22.1. The van der Waals surface area contributed by atoms with Crippen LogP contribution in [0.2, 0.25) is 0 Å². The van der Waals surface area contributed by atoms with Gasteiger partial charge in [0.2, 0.25) is 0 Å². The van der Waals surface area contributed by atoms with Crippen molar-refractivity contribution in [2.75, 3.05) is 4.90 Å². The van der Waals surface area contributed by atoms with Gasteiger partial charge in [-0.1, -0.05) is 35.9 Å². The number of nitrogens with zero attached hydrogens (tertiary/aromatic N) is 3. The summed E-state index contributed by atoms with van der Waals surface area (Å²) in [6.45, 7) is 1.89. The summed E-state index contributed by atoms with van der Waals surface area (Å²) >= 11 is 0. The fourth-order valence-electron chi connectivity index (χ4n) is 3.53. The first kappa shape index (κ1) is 20.0. The number of Topliss-reactive ketones (excluding diaryl/α,β-unsaturated/α-hetero) is 1. The molecule has 1 amide bonds. The average Bonchev–Trinajstić information content (AvgIpc) is 3.05. The molecule has 1 aliphatic rings. The lowest BCUT2D eigenvalue weighted by atomic mass is 9.95. The lowest BCUT2D eigenvalue weighted by Crippen LogP contribution is -2.30. The Morgan fingerprint density at radius 1 is 1.03 bits per heavy atom. The molecule has 0 aliphatic carbocycles. The Labute approximate surface area is 177 Å². The number of non-ortho nitro benzene ring substituents is 1. The Morgan fingerprint density at radius 3 is 2.29 bits per heavy atom. The average molecular weight is 415 g/mol. The highest BCUT2D eigenvalue weighted by Crippen LogP contribution is 2.41. The van der Waals surface area contributed by atoms with Crippen LogP contribution in [0.3, 0.4) is 0 Å². The summed E-state index contributed by atoms with van der Waals surface area (Å²) in [5.74, 6) is -1.78. The van der Waals surface area contributed by atoms with Crippen molar-refractivity contribution < 1.29 is 19.6 Å². The molecule has 1 aromatic heterocycles. The number of benzene rings is 2. The third-order valence-corrected chi connectivity index (χ3v) is 5.09. The van der Waals surface area contributed by atoms with Crippen LogP contribution in [0.25, 0.3) is 5.76 Å². The van der Waals surface area contributed by atoms with Gasteiger partial charge >= 0.3 is 5.91 Å². The molecule has 154 valence electrons. The van der Waals surface area contributed by atoms with Gasteiger partial charge in [0.25, 0.3) is 11.5 Å². The topological polar surface area (TPSA) is 114 Å². The number of nitro groups is 1. The van der Waals surface area contributed by atoms with E-state index in [1.165, 1.54) is 35.4 Å². The van der Waals surface area contributed by atoms with Crippen LogP contribution in [0.15, 0.2) is 78.5 Å². The number of aliphatic hydroxyl groups excluding tert-OH is 1. The lowest BCUT2D eigenvalue weighted by molar-refractivity contribution is -0.384. The first-order chi connectivity index (χ1) is 14.9. The minimum atomic E-state index is -0.989. The van der Waals surface area contributed by atoms with Crippen molar-refractivity contribution in [3.63, 3.8) is 0 Å². The number of hydrogen-bond donors (Lipinski definition) is 1. The van der Waals surface area contributed by atoms with Crippen LogP contribution in [0.4, 0.5) is 11.5 Å². The predicted molar refractivity (Wildman–Crippen MR) is 113 cm³/mol. The van der Waals surface area contributed by atoms with Gasteiger partial charge < -0.3 is 5.11 Å². The summed E-state index contributed by atoms with van der Waals surface area (Å²) in [7, 11) is 0. The number of ketones is 1. The fraction of sp³-hybridized carbons (Fsp3) is 0.0870. The zero-order valence-corrected chi connectivity index (χ0v) is 16.4. The Morgan fingerprint density at radius 2 is 1.71 bits per heavy atom. The van der Waals surface area contributed by atoms with Crippen LogP contribution in [0, 0.1) is 17.0 Å². The minimum absolute atomic E-state index is 0.103. The summed E-state index contributed by atoms with van der Waals surface area (Å²) in [6.07, 6.45) is 1.49. The van der Waals surface area contributed by atoms with Crippen molar-refractivity contribution in [3.8, 4) is 0 Å². The third kappa shape index (κ3) is 3.55. The van der Waals surface area contributed by atoms with E-state index in [-0.39, 0.29) is 22.8 Å². The second-order valence-corrected chi connectivity index (χ2v) is 7.07. The maximum atomic E-state index is 13.0. The van der Waals surface area contributed by atoms with Crippen LogP contribution < -0.4 is 4.90 Å². The first-order valence-corrected chi connectivity index (χ1v) is 9.42. The van der Waals surface area contributed by atoms with Crippen molar-refractivity contribution in [1.82, 2.24) is 4.98 Å². The molecular weight excluding hydrogens is 398 g/mol. The quantitative estimate of drug-likeness (QED) is 0.227. The fourth-order valence-corrected chi connectivity index (χ4v) is 3.53. The van der Waals surface area contributed by atoms with E-state index in [1.807, 2.05) is 6.92 Å². The van der Waals surface area contributed by atoms with Gasteiger partial charge in [-0.25, -0.2) is 4.98 Å². The van der Waals surface area contributed by atoms with Crippen LogP contribution in [-0.4, -0.2) is 26.7 Å². The smallest absolute Gasteiger partial charge is 0.301 e. The Balaban J connectivity index is 1.92. The molecule has 1 saturated heterocycles. The van der Waals surface area contributed by atoms with Crippen LogP contribution in [0.1, 0.15) is 22.7 Å². The molecule has 0 bridgehead atoms. The molecule has 0 saturated carbocycles. The highest BCUT2D eigenvalue weighted by atomic mass is 16.6. The molecular formula is C23H17N3O5. The predicted octanol–water partition coefficient (Wildman–Crippen LogP) is 3.92. The summed E-state index contributed by atoms with van der Waals surface area (Å²) in [4.78, 5) is 41.8. The number of pyridine rings is 1. The van der Waals surface area contributed by atoms with Crippen molar-refractivity contribution in [3.05, 3.63) is 105 Å². The van der Waals surface area contributed by atoms with Crippen LogP contribution in [-0.2, 0) is 9.59 Å². The van der Waals surface area contributed by atoms with E-state index in [0.29, 0.717) is 11.1 Å². The van der Waals surface area contributed by atoms with Gasteiger partial charge in [0.15, 0.2) is 0 Å². The van der Waals surface area contributed by atoms with E-state index in [1.54, 1.807) is 42.5 Å². The summed E-state index contributed by atoms with van der Waals surface area (Å²) in [6, 6.07) is 16.3. The molecule has 2 aromatic carbocycles. The van der Waals surface area contributed by atoms with Crippen molar-refractivity contribution in [2.45, 2.75) is 13.0 Å². The monoisotopic (exact) mass is 415 g/mol.